The summed E-state index contributed by atoms with van der Waals surface area (Å²) in [6.07, 6.45) is 5.06. The summed E-state index contributed by atoms with van der Waals surface area (Å²) in [5.41, 5.74) is 3.62. The molecular formula is C25H32N2O3. The molecule has 30 heavy (non-hydrogen) atoms. The number of ether oxygens (including phenoxy) is 2. The van der Waals surface area contributed by atoms with E-state index in [0.29, 0.717) is 24.0 Å². The van der Waals surface area contributed by atoms with Gasteiger partial charge in [0.2, 0.25) is 5.91 Å². The number of likely N-dealkylation sites (N-methyl/N-ethyl adjacent to an activating group) is 1. The highest BCUT2D eigenvalue weighted by molar-refractivity contribution is 5.79. The molecule has 1 aliphatic heterocycles. The van der Waals surface area contributed by atoms with E-state index < -0.39 is 0 Å². The first-order chi connectivity index (χ1) is 14.6. The minimum atomic E-state index is 0.0979. The van der Waals surface area contributed by atoms with Crippen molar-refractivity contribution in [2.45, 2.75) is 44.2 Å². The lowest BCUT2D eigenvalue weighted by atomic mass is 9.82. The predicted octanol–water partition coefficient (Wildman–Crippen LogP) is 3.86. The summed E-state index contributed by atoms with van der Waals surface area (Å²) in [6, 6.07) is 14.8. The molecule has 1 heterocycles. The van der Waals surface area contributed by atoms with Gasteiger partial charge in [-0.1, -0.05) is 30.3 Å². The molecule has 1 aliphatic carbocycles. The van der Waals surface area contributed by atoms with Crippen LogP contribution in [0.3, 0.4) is 0 Å². The number of carbonyl (C=O) groups is 1. The fourth-order valence-electron chi connectivity index (χ4n) is 5.09. The zero-order valence-electron chi connectivity index (χ0n) is 18.3. The van der Waals surface area contributed by atoms with Crippen molar-refractivity contribution in [3.05, 3.63) is 59.2 Å². The zero-order valence-corrected chi connectivity index (χ0v) is 18.3. The van der Waals surface area contributed by atoms with Gasteiger partial charge in [0.1, 0.15) is 0 Å². The second-order valence-corrected chi connectivity index (χ2v) is 8.36. The second-order valence-electron chi connectivity index (χ2n) is 8.36. The molecule has 5 nitrogen and oxygen atoms in total. The van der Waals surface area contributed by atoms with Gasteiger partial charge in [-0.05, 0) is 67.6 Å². The molecule has 2 atom stereocenters. The van der Waals surface area contributed by atoms with Gasteiger partial charge in [-0.3, -0.25) is 9.69 Å². The molecule has 1 fully saturated rings. The SMILES string of the molecule is COc1ccc(CC(=O)N(C)C2c3ccccc3CCC2N2CCCC2)cc1OC. The Balaban J connectivity index is 1.59. The van der Waals surface area contributed by atoms with Gasteiger partial charge in [0.05, 0.1) is 26.7 Å². The standard InChI is InChI=1S/C25H32N2O3/c1-26(24(28)17-18-10-13-22(29-2)23(16-18)30-3)25-20-9-5-4-8-19(20)11-12-21(25)27-14-6-7-15-27/h4-5,8-10,13,16,21,25H,6-7,11-12,14-15,17H2,1-3H3. The average Bonchev–Trinajstić information content (AvgIpc) is 3.32. The lowest BCUT2D eigenvalue weighted by Crippen LogP contribution is -2.48. The van der Waals surface area contributed by atoms with Crippen molar-refractivity contribution in [3.63, 3.8) is 0 Å². The molecule has 5 heteroatoms. The smallest absolute Gasteiger partial charge is 0.227 e. The van der Waals surface area contributed by atoms with E-state index in [0.717, 1.165) is 31.5 Å². The predicted molar refractivity (Wildman–Crippen MR) is 118 cm³/mol. The van der Waals surface area contributed by atoms with E-state index in [-0.39, 0.29) is 11.9 Å². The van der Waals surface area contributed by atoms with Crippen LogP contribution >= 0.6 is 0 Å². The summed E-state index contributed by atoms with van der Waals surface area (Å²) in [4.78, 5) is 18.0. The monoisotopic (exact) mass is 408 g/mol. The molecule has 1 saturated heterocycles. The number of fused-ring (bicyclic) bond motifs is 1. The molecule has 1 amide bonds. The maximum Gasteiger partial charge on any atom is 0.227 e. The molecule has 2 aromatic rings. The maximum atomic E-state index is 13.4. The zero-order chi connectivity index (χ0) is 21.1. The molecular weight excluding hydrogens is 376 g/mol. The number of hydrogen-bond acceptors (Lipinski definition) is 4. The molecule has 0 aromatic heterocycles. The van der Waals surface area contributed by atoms with Crippen molar-refractivity contribution in [2.24, 2.45) is 0 Å². The molecule has 0 N–H and O–H groups in total. The largest absolute Gasteiger partial charge is 0.493 e. The number of carbonyl (C=O) groups excluding carboxylic acids is 1. The summed E-state index contributed by atoms with van der Waals surface area (Å²) in [5, 5.41) is 0. The lowest BCUT2D eigenvalue weighted by molar-refractivity contribution is -0.133. The Morgan fingerprint density at radius 3 is 2.53 bits per heavy atom. The number of nitrogens with zero attached hydrogens (tertiary/aromatic N) is 2. The van der Waals surface area contributed by atoms with E-state index in [1.165, 1.54) is 24.0 Å². The normalized spacial score (nSPS) is 21.2. The highest BCUT2D eigenvalue weighted by Crippen LogP contribution is 2.38. The highest BCUT2D eigenvalue weighted by atomic mass is 16.5. The van der Waals surface area contributed by atoms with E-state index >= 15 is 0 Å². The van der Waals surface area contributed by atoms with Gasteiger partial charge in [-0.2, -0.15) is 0 Å². The van der Waals surface area contributed by atoms with Crippen molar-refractivity contribution in [3.8, 4) is 11.5 Å². The summed E-state index contributed by atoms with van der Waals surface area (Å²) >= 11 is 0. The molecule has 2 unspecified atom stereocenters. The van der Waals surface area contributed by atoms with Crippen molar-refractivity contribution in [1.82, 2.24) is 9.80 Å². The van der Waals surface area contributed by atoms with Crippen LogP contribution in [0.25, 0.3) is 0 Å². The van der Waals surface area contributed by atoms with Gasteiger partial charge in [0, 0.05) is 13.1 Å². The number of benzene rings is 2. The van der Waals surface area contributed by atoms with E-state index in [9.17, 15) is 4.79 Å². The Morgan fingerprint density at radius 1 is 1.07 bits per heavy atom. The first-order valence-corrected chi connectivity index (χ1v) is 10.9. The molecule has 2 aromatic carbocycles. The summed E-state index contributed by atoms with van der Waals surface area (Å²) in [7, 11) is 5.21. The Kier molecular flexibility index (Phi) is 6.28. The van der Waals surface area contributed by atoms with Gasteiger partial charge in [-0.15, -0.1) is 0 Å². The van der Waals surface area contributed by atoms with Crippen LogP contribution < -0.4 is 9.47 Å². The fourth-order valence-corrected chi connectivity index (χ4v) is 5.09. The van der Waals surface area contributed by atoms with Crippen molar-refractivity contribution >= 4 is 5.91 Å². The first-order valence-electron chi connectivity index (χ1n) is 10.9. The summed E-state index contributed by atoms with van der Waals surface area (Å²) < 4.78 is 10.7. The molecule has 160 valence electrons. The summed E-state index contributed by atoms with van der Waals surface area (Å²) in [5.74, 6) is 1.47. The Bertz CT molecular complexity index is 892. The first kappa shape index (κ1) is 20.7. The number of rotatable bonds is 6. The maximum absolute atomic E-state index is 13.4. The number of aryl methyl sites for hydroxylation is 1. The number of hydrogen-bond donors (Lipinski definition) is 0. The fraction of sp³-hybridized carbons (Fsp3) is 0.480. The minimum Gasteiger partial charge on any atom is -0.493 e. The Labute approximate surface area is 179 Å². The number of likely N-dealkylation sites (tertiary alicyclic amines) is 1. The quantitative estimate of drug-likeness (QED) is 0.728. The average molecular weight is 409 g/mol. The Hall–Kier alpha value is -2.53. The molecule has 0 saturated carbocycles. The van der Waals surface area contributed by atoms with E-state index in [1.807, 2.05) is 30.1 Å². The third kappa shape index (κ3) is 4.04. The van der Waals surface area contributed by atoms with Crippen LogP contribution in [-0.4, -0.2) is 56.1 Å². The van der Waals surface area contributed by atoms with E-state index in [2.05, 4.69) is 29.2 Å². The van der Waals surface area contributed by atoms with Gasteiger partial charge in [0.15, 0.2) is 11.5 Å². The van der Waals surface area contributed by atoms with Crippen LogP contribution in [0.5, 0.6) is 11.5 Å². The highest BCUT2D eigenvalue weighted by Gasteiger charge is 2.38. The molecule has 2 aliphatic rings. The van der Waals surface area contributed by atoms with Crippen molar-refractivity contribution in [1.29, 1.82) is 0 Å². The number of methoxy groups -OCH3 is 2. The van der Waals surface area contributed by atoms with Gasteiger partial charge < -0.3 is 14.4 Å². The van der Waals surface area contributed by atoms with Crippen molar-refractivity contribution < 1.29 is 14.3 Å². The third-order valence-corrected chi connectivity index (χ3v) is 6.67. The van der Waals surface area contributed by atoms with Gasteiger partial charge in [-0.25, -0.2) is 0 Å². The third-order valence-electron chi connectivity index (χ3n) is 6.67. The Morgan fingerprint density at radius 2 is 1.80 bits per heavy atom. The van der Waals surface area contributed by atoms with Gasteiger partial charge >= 0.3 is 0 Å². The second kappa shape index (κ2) is 9.09. The van der Waals surface area contributed by atoms with Crippen LogP contribution in [-0.2, 0) is 17.6 Å². The molecule has 0 bridgehead atoms. The minimum absolute atomic E-state index is 0.0979. The van der Waals surface area contributed by atoms with Crippen LogP contribution in [0.1, 0.15) is 42.0 Å². The lowest BCUT2D eigenvalue weighted by Gasteiger charge is -2.43. The van der Waals surface area contributed by atoms with E-state index in [1.54, 1.807) is 14.2 Å². The van der Waals surface area contributed by atoms with Gasteiger partial charge in [0.25, 0.3) is 0 Å². The number of amides is 1. The summed E-state index contributed by atoms with van der Waals surface area (Å²) in [6.45, 7) is 2.28. The van der Waals surface area contributed by atoms with Crippen LogP contribution in [0.4, 0.5) is 0 Å². The van der Waals surface area contributed by atoms with Crippen LogP contribution in [0, 0.1) is 0 Å². The molecule has 4 rings (SSSR count). The topological polar surface area (TPSA) is 42.0 Å². The van der Waals surface area contributed by atoms with Crippen LogP contribution in [0.2, 0.25) is 0 Å². The molecule has 0 radical (unpaired) electrons. The van der Waals surface area contributed by atoms with E-state index in [4.69, 9.17) is 9.47 Å². The van der Waals surface area contributed by atoms with Crippen molar-refractivity contribution in [2.75, 3.05) is 34.4 Å². The van der Waals surface area contributed by atoms with Crippen LogP contribution in [0.15, 0.2) is 42.5 Å². The molecule has 0 spiro atoms.